The summed E-state index contributed by atoms with van der Waals surface area (Å²) in [4.78, 5) is 28.4. The molecule has 5 atom stereocenters. The number of aliphatic carboxylic acids is 1. The van der Waals surface area contributed by atoms with E-state index >= 15 is 0 Å². The van der Waals surface area contributed by atoms with Crippen LogP contribution in [0.4, 0.5) is 0 Å². The second kappa shape index (κ2) is 5.77. The predicted molar refractivity (Wildman–Crippen MR) is 97.6 cm³/mol. The Hall–Kier alpha value is -2.01. The summed E-state index contributed by atoms with van der Waals surface area (Å²) < 4.78 is 0. The number of benzene rings is 1. The van der Waals surface area contributed by atoms with Gasteiger partial charge in [0.2, 0.25) is 5.91 Å². The highest BCUT2D eigenvalue weighted by molar-refractivity contribution is 8.06. The first-order valence-electron chi connectivity index (χ1n) is 8.58. The molecule has 4 rings (SSSR count). The van der Waals surface area contributed by atoms with Crippen LogP contribution in [0.3, 0.4) is 0 Å². The smallest absolute Gasteiger partial charge is 0.311 e. The lowest BCUT2D eigenvalue weighted by Gasteiger charge is -2.41. The van der Waals surface area contributed by atoms with Gasteiger partial charge in [-0.05, 0) is 29.7 Å². The molecule has 1 fully saturated rings. The molecule has 5 heteroatoms. The molecule has 25 heavy (non-hydrogen) atoms. The zero-order valence-corrected chi connectivity index (χ0v) is 15.1. The van der Waals surface area contributed by atoms with Crippen LogP contribution in [0.15, 0.2) is 52.8 Å². The van der Waals surface area contributed by atoms with Crippen molar-refractivity contribution in [3.05, 3.63) is 58.4 Å². The number of carbonyl (C=O) groups excluding carboxylic acids is 1. The maximum atomic E-state index is 13.3. The molecule has 0 saturated carbocycles. The van der Waals surface area contributed by atoms with Gasteiger partial charge in [0, 0.05) is 18.4 Å². The molecule has 130 valence electrons. The molecule has 2 aliphatic heterocycles. The van der Waals surface area contributed by atoms with Crippen LogP contribution in [0.2, 0.25) is 0 Å². The Kier molecular flexibility index (Phi) is 3.80. The highest BCUT2D eigenvalue weighted by Gasteiger charge is 2.61. The number of carboxylic acid groups (broad SMARTS) is 1. The van der Waals surface area contributed by atoms with E-state index in [9.17, 15) is 14.7 Å². The molecule has 0 bridgehead atoms. The Morgan fingerprint density at radius 3 is 2.76 bits per heavy atom. The number of carboxylic acids is 1. The van der Waals surface area contributed by atoms with Gasteiger partial charge in [-0.2, -0.15) is 0 Å². The van der Waals surface area contributed by atoms with Gasteiger partial charge in [0.25, 0.3) is 0 Å². The summed E-state index contributed by atoms with van der Waals surface area (Å²) in [5, 5.41) is 12.0. The minimum Gasteiger partial charge on any atom is -0.481 e. The summed E-state index contributed by atoms with van der Waals surface area (Å²) in [6, 6.07) is 9.87. The Morgan fingerprint density at radius 1 is 1.36 bits per heavy atom. The Morgan fingerprint density at radius 2 is 2.08 bits per heavy atom. The summed E-state index contributed by atoms with van der Waals surface area (Å²) in [5.74, 6) is -1.67. The fourth-order valence-corrected chi connectivity index (χ4v) is 5.68. The number of allylic oxidation sites excluding steroid dienone is 2. The van der Waals surface area contributed by atoms with Crippen LogP contribution in [0, 0.1) is 23.2 Å². The van der Waals surface area contributed by atoms with Gasteiger partial charge in [0.05, 0.1) is 17.4 Å². The van der Waals surface area contributed by atoms with Gasteiger partial charge in [-0.1, -0.05) is 42.5 Å². The highest BCUT2D eigenvalue weighted by Crippen LogP contribution is 2.57. The summed E-state index contributed by atoms with van der Waals surface area (Å²) in [7, 11) is 0. The molecule has 1 aromatic rings. The lowest BCUT2D eigenvalue weighted by atomic mass is 9.61. The topological polar surface area (TPSA) is 57.6 Å². The molecule has 1 aliphatic carbocycles. The molecule has 1 aromatic carbocycles. The molecule has 1 saturated heterocycles. The number of likely N-dealkylation sites (tertiary alicyclic amines) is 1. The van der Waals surface area contributed by atoms with E-state index in [2.05, 4.69) is 6.08 Å². The third-order valence-electron chi connectivity index (χ3n) is 6.05. The molecule has 2 heterocycles. The molecule has 3 aliphatic rings. The molecule has 0 unspecified atom stereocenters. The number of fused-ring (bicyclic) bond motifs is 2. The number of carbonyl (C=O) groups is 2. The largest absolute Gasteiger partial charge is 0.481 e. The van der Waals surface area contributed by atoms with Crippen LogP contribution >= 0.6 is 11.8 Å². The van der Waals surface area contributed by atoms with Gasteiger partial charge in [-0.25, -0.2) is 0 Å². The number of nitrogens with zero attached hydrogens (tertiary/aromatic N) is 1. The predicted octanol–water partition coefficient (Wildman–Crippen LogP) is 3.69. The maximum absolute atomic E-state index is 13.3. The Balaban J connectivity index is 1.72. The highest BCUT2D eigenvalue weighted by atomic mass is 32.2. The lowest BCUT2D eigenvalue weighted by Crippen LogP contribution is -2.49. The first kappa shape index (κ1) is 16.5. The van der Waals surface area contributed by atoms with Gasteiger partial charge in [0.15, 0.2) is 0 Å². The molecular formula is C20H21NO3S. The van der Waals surface area contributed by atoms with Crippen LogP contribution < -0.4 is 0 Å². The van der Waals surface area contributed by atoms with Crippen LogP contribution in [-0.2, 0) is 9.59 Å². The first-order valence-corrected chi connectivity index (χ1v) is 9.46. The molecule has 4 nitrogen and oxygen atoms in total. The van der Waals surface area contributed by atoms with E-state index in [1.807, 2.05) is 53.6 Å². The molecule has 0 spiro atoms. The van der Waals surface area contributed by atoms with Gasteiger partial charge < -0.3 is 10.0 Å². The van der Waals surface area contributed by atoms with Gasteiger partial charge in [-0.3, -0.25) is 9.59 Å². The van der Waals surface area contributed by atoms with E-state index in [1.165, 1.54) is 0 Å². The molecule has 0 aromatic heterocycles. The molecule has 1 N–H and O–H groups in total. The van der Waals surface area contributed by atoms with E-state index in [-0.39, 0.29) is 23.8 Å². The zero-order chi connectivity index (χ0) is 17.8. The second-order valence-corrected chi connectivity index (χ2v) is 8.28. The van der Waals surface area contributed by atoms with Crippen molar-refractivity contribution >= 4 is 23.6 Å². The first-order chi connectivity index (χ1) is 11.9. The van der Waals surface area contributed by atoms with Gasteiger partial charge in [0.1, 0.15) is 0 Å². The van der Waals surface area contributed by atoms with E-state index < -0.39 is 17.3 Å². The number of rotatable bonds is 3. The van der Waals surface area contributed by atoms with E-state index in [4.69, 9.17) is 0 Å². The summed E-state index contributed by atoms with van der Waals surface area (Å²) in [6.07, 6.45) is 4.08. The second-order valence-electron chi connectivity index (χ2n) is 7.30. The average Bonchev–Trinajstić information content (AvgIpc) is 3.20. The minimum absolute atomic E-state index is 0.0353. The van der Waals surface area contributed by atoms with Crippen LogP contribution in [-0.4, -0.2) is 28.4 Å². The standard InChI is InChI=1S/C20H21NO3S/c1-12(13-6-4-3-5-7-13)21-11-14-10-16-15(8-9-25-16)20(2,19(23)24)17(14)18(21)22/h3-10,12,14-15,17H,11H2,1-2H3,(H,23,24)/t12-,14-,15-,17+,20+/m0/s1. The van der Waals surface area contributed by atoms with E-state index in [0.717, 1.165) is 10.5 Å². The van der Waals surface area contributed by atoms with Crippen molar-refractivity contribution in [1.29, 1.82) is 0 Å². The fraction of sp³-hybridized carbons (Fsp3) is 0.400. The van der Waals surface area contributed by atoms with Crippen LogP contribution in [0.1, 0.15) is 25.5 Å². The lowest BCUT2D eigenvalue weighted by molar-refractivity contribution is -0.159. The maximum Gasteiger partial charge on any atom is 0.311 e. The van der Waals surface area contributed by atoms with Crippen molar-refractivity contribution < 1.29 is 14.7 Å². The third-order valence-corrected chi connectivity index (χ3v) is 7.00. The monoisotopic (exact) mass is 355 g/mol. The van der Waals surface area contributed by atoms with Gasteiger partial charge >= 0.3 is 5.97 Å². The molecule has 1 amide bonds. The van der Waals surface area contributed by atoms with Crippen molar-refractivity contribution in [2.45, 2.75) is 19.9 Å². The Labute approximate surface area is 151 Å². The van der Waals surface area contributed by atoms with Crippen molar-refractivity contribution in [1.82, 2.24) is 4.90 Å². The van der Waals surface area contributed by atoms with E-state index in [1.54, 1.807) is 18.7 Å². The van der Waals surface area contributed by atoms with Crippen LogP contribution in [0.5, 0.6) is 0 Å². The van der Waals surface area contributed by atoms with Crippen molar-refractivity contribution in [3.8, 4) is 0 Å². The number of amides is 1. The summed E-state index contributed by atoms with van der Waals surface area (Å²) in [6.45, 7) is 4.35. The normalized spacial score (nSPS) is 34.5. The SMILES string of the molecule is C[C@@H](c1ccccc1)N1C[C@@H]2C=C3SC=C[C@@H]3[C@@](C)(C(=O)O)[C@H]2C1=O. The minimum atomic E-state index is -1.09. The van der Waals surface area contributed by atoms with Gasteiger partial charge in [-0.15, -0.1) is 11.8 Å². The fourth-order valence-electron chi connectivity index (χ4n) is 4.57. The zero-order valence-electron chi connectivity index (χ0n) is 14.3. The third kappa shape index (κ3) is 2.29. The molecule has 0 radical (unpaired) electrons. The van der Waals surface area contributed by atoms with Crippen molar-refractivity contribution in [2.24, 2.45) is 23.2 Å². The quantitative estimate of drug-likeness (QED) is 0.898. The van der Waals surface area contributed by atoms with E-state index in [0.29, 0.717) is 6.54 Å². The van der Waals surface area contributed by atoms with Crippen molar-refractivity contribution in [2.75, 3.05) is 6.54 Å². The summed E-state index contributed by atoms with van der Waals surface area (Å²) >= 11 is 1.59. The Bertz CT molecular complexity index is 787. The van der Waals surface area contributed by atoms with Crippen LogP contribution in [0.25, 0.3) is 0 Å². The van der Waals surface area contributed by atoms with Crippen molar-refractivity contribution in [3.63, 3.8) is 0 Å². The average molecular weight is 355 g/mol. The number of thioether (sulfide) groups is 1. The summed E-state index contributed by atoms with van der Waals surface area (Å²) in [5.41, 5.74) is -0.00887. The molecular weight excluding hydrogens is 334 g/mol. The number of hydrogen-bond acceptors (Lipinski definition) is 3. The number of hydrogen-bond donors (Lipinski definition) is 1.